The Balaban J connectivity index is 2.48. The maximum atomic E-state index is 13.3. The molecule has 1 aliphatic rings. The summed E-state index contributed by atoms with van der Waals surface area (Å²) < 4.78 is 83.2. The quantitative estimate of drug-likeness (QED) is 0.596. The van der Waals surface area contributed by atoms with E-state index in [0.29, 0.717) is 0 Å². The van der Waals surface area contributed by atoms with Gasteiger partial charge in [0.2, 0.25) is 0 Å². The normalized spacial score (nSPS) is 24.9. The van der Waals surface area contributed by atoms with E-state index in [1.807, 2.05) is 0 Å². The molecule has 2 rings (SSSR count). The van der Waals surface area contributed by atoms with Crippen LogP contribution in [0.15, 0.2) is 30.3 Å². The zero-order chi connectivity index (χ0) is 14.5. The molecule has 7 heteroatoms. The Hall–Kier alpha value is -1.84. The van der Waals surface area contributed by atoms with E-state index in [0.717, 1.165) is 18.1 Å². The largest absolute Gasteiger partial charge is 0.461 e. The van der Waals surface area contributed by atoms with Gasteiger partial charge in [-0.25, -0.2) is 0 Å². The molecule has 1 aliphatic carbocycles. The van der Waals surface area contributed by atoms with E-state index < -0.39 is 29.1 Å². The van der Waals surface area contributed by atoms with Crippen LogP contribution in [0.25, 0.3) is 0 Å². The Labute approximate surface area is 104 Å². The molecule has 0 atom stereocenters. The van der Waals surface area contributed by atoms with Gasteiger partial charge in [-0.05, 0) is 18.1 Å². The molecule has 0 amide bonds. The second-order valence-electron chi connectivity index (χ2n) is 3.96. The van der Waals surface area contributed by atoms with Crippen LogP contribution in [0.1, 0.15) is 0 Å². The van der Waals surface area contributed by atoms with Crippen LogP contribution in [0.5, 0.6) is 5.75 Å². The molecular weight excluding hydrogens is 274 g/mol. The number of para-hydroxylation sites is 1. The van der Waals surface area contributed by atoms with Crippen LogP contribution >= 0.6 is 0 Å². The number of benzene rings is 1. The summed E-state index contributed by atoms with van der Waals surface area (Å²) in [4.78, 5) is 0. The summed E-state index contributed by atoms with van der Waals surface area (Å²) in [7, 11) is 0. The van der Waals surface area contributed by atoms with Crippen molar-refractivity contribution in [2.24, 2.45) is 0 Å². The van der Waals surface area contributed by atoms with Crippen LogP contribution in [-0.2, 0) is 0 Å². The molecule has 1 saturated carbocycles. The first-order chi connectivity index (χ1) is 8.64. The van der Waals surface area contributed by atoms with E-state index in [2.05, 4.69) is 11.2 Å². The predicted octanol–water partition coefficient (Wildman–Crippen LogP) is 3.36. The summed E-state index contributed by atoms with van der Waals surface area (Å²) in [6.45, 7) is 0. The van der Waals surface area contributed by atoms with Crippen molar-refractivity contribution in [1.29, 1.82) is 0 Å². The van der Waals surface area contributed by atoms with Gasteiger partial charge in [0.1, 0.15) is 5.75 Å². The molecule has 0 saturated heterocycles. The second kappa shape index (κ2) is 3.59. The van der Waals surface area contributed by atoms with E-state index >= 15 is 0 Å². The van der Waals surface area contributed by atoms with Gasteiger partial charge in [0.25, 0.3) is 0 Å². The van der Waals surface area contributed by atoms with Gasteiger partial charge >= 0.3 is 23.4 Å². The highest BCUT2D eigenvalue weighted by Crippen LogP contribution is 2.67. The molecule has 0 heterocycles. The summed E-state index contributed by atoms with van der Waals surface area (Å²) in [6, 6.07) is 6.17. The lowest BCUT2D eigenvalue weighted by Crippen LogP contribution is -2.87. The molecule has 0 aliphatic heterocycles. The smallest absolute Gasteiger partial charge is 0.382 e. The van der Waals surface area contributed by atoms with Crippen LogP contribution < -0.4 is 4.74 Å². The SMILES string of the molecule is C#CC1(Oc2ccccc2)C(F)(F)C(F)(F)C1(F)F. The van der Waals surface area contributed by atoms with Crippen LogP contribution in [-0.4, -0.2) is 23.4 Å². The minimum absolute atomic E-state index is 0.449. The molecule has 102 valence electrons. The Kier molecular flexibility index (Phi) is 2.57. The fraction of sp³-hybridized carbons (Fsp3) is 0.333. The third-order valence-electron chi connectivity index (χ3n) is 2.89. The van der Waals surface area contributed by atoms with Gasteiger partial charge in [-0.15, -0.1) is 6.42 Å². The summed E-state index contributed by atoms with van der Waals surface area (Å²) >= 11 is 0. The number of rotatable bonds is 2. The van der Waals surface area contributed by atoms with Crippen molar-refractivity contribution < 1.29 is 31.1 Å². The van der Waals surface area contributed by atoms with E-state index in [4.69, 9.17) is 0 Å². The Morgan fingerprint density at radius 1 is 0.842 bits per heavy atom. The molecular formula is C12H6F6O. The van der Waals surface area contributed by atoms with Gasteiger partial charge in [-0.2, -0.15) is 26.3 Å². The molecule has 0 radical (unpaired) electrons. The first-order valence-electron chi connectivity index (χ1n) is 4.99. The van der Waals surface area contributed by atoms with Crippen LogP contribution in [0.4, 0.5) is 26.3 Å². The molecule has 0 unspecified atom stereocenters. The van der Waals surface area contributed by atoms with Gasteiger partial charge < -0.3 is 4.74 Å². The van der Waals surface area contributed by atoms with E-state index in [-0.39, 0.29) is 0 Å². The van der Waals surface area contributed by atoms with Crippen LogP contribution in [0, 0.1) is 12.3 Å². The zero-order valence-corrected chi connectivity index (χ0v) is 9.14. The summed E-state index contributed by atoms with van der Waals surface area (Å²) in [5, 5.41) is 0. The summed E-state index contributed by atoms with van der Waals surface area (Å²) in [6.07, 6.45) is 4.62. The number of ether oxygens (including phenoxy) is 1. The van der Waals surface area contributed by atoms with Crippen molar-refractivity contribution in [1.82, 2.24) is 0 Å². The highest BCUT2D eigenvalue weighted by molar-refractivity contribution is 5.41. The van der Waals surface area contributed by atoms with Crippen molar-refractivity contribution in [2.75, 3.05) is 0 Å². The van der Waals surface area contributed by atoms with Crippen molar-refractivity contribution in [3.05, 3.63) is 30.3 Å². The first kappa shape index (κ1) is 13.6. The summed E-state index contributed by atoms with van der Waals surface area (Å²) in [5.74, 6) is -15.4. The van der Waals surface area contributed by atoms with Crippen molar-refractivity contribution in [2.45, 2.75) is 23.4 Å². The monoisotopic (exact) mass is 280 g/mol. The molecule has 1 nitrogen and oxygen atoms in total. The number of hydrogen-bond donors (Lipinski definition) is 0. The molecule has 1 fully saturated rings. The molecule has 0 aromatic heterocycles. The number of alkyl halides is 6. The lowest BCUT2D eigenvalue weighted by Gasteiger charge is -2.55. The van der Waals surface area contributed by atoms with Gasteiger partial charge in [0.05, 0.1) is 0 Å². The van der Waals surface area contributed by atoms with Gasteiger partial charge in [0, 0.05) is 0 Å². The van der Waals surface area contributed by atoms with Crippen molar-refractivity contribution >= 4 is 0 Å². The Morgan fingerprint density at radius 2 is 1.32 bits per heavy atom. The third kappa shape index (κ3) is 1.29. The maximum Gasteiger partial charge on any atom is 0.382 e. The van der Waals surface area contributed by atoms with E-state index in [9.17, 15) is 26.3 Å². The maximum absolute atomic E-state index is 13.3. The fourth-order valence-corrected chi connectivity index (χ4v) is 1.78. The number of hydrogen-bond acceptors (Lipinski definition) is 1. The van der Waals surface area contributed by atoms with E-state index in [1.165, 1.54) is 18.2 Å². The number of halogens is 6. The third-order valence-corrected chi connectivity index (χ3v) is 2.89. The zero-order valence-electron chi connectivity index (χ0n) is 9.14. The molecule has 19 heavy (non-hydrogen) atoms. The van der Waals surface area contributed by atoms with Crippen LogP contribution in [0.2, 0.25) is 0 Å². The fourth-order valence-electron chi connectivity index (χ4n) is 1.78. The minimum Gasteiger partial charge on any atom is -0.461 e. The molecule has 1 aromatic rings. The van der Waals surface area contributed by atoms with Crippen molar-refractivity contribution in [3.63, 3.8) is 0 Å². The Bertz CT molecular complexity index is 513. The average molecular weight is 280 g/mol. The van der Waals surface area contributed by atoms with Crippen LogP contribution in [0.3, 0.4) is 0 Å². The average Bonchev–Trinajstić information content (AvgIpc) is 2.35. The minimum atomic E-state index is -5.55. The number of terminal acetylenes is 1. The highest BCUT2D eigenvalue weighted by Gasteiger charge is 3.00. The predicted molar refractivity (Wildman–Crippen MR) is 53.5 cm³/mol. The molecule has 0 spiro atoms. The molecule has 0 N–H and O–H groups in total. The lowest BCUT2D eigenvalue weighted by atomic mass is 9.68. The van der Waals surface area contributed by atoms with E-state index in [1.54, 1.807) is 0 Å². The first-order valence-corrected chi connectivity index (χ1v) is 4.99. The van der Waals surface area contributed by atoms with Gasteiger partial charge in [-0.3, -0.25) is 0 Å². The van der Waals surface area contributed by atoms with Gasteiger partial charge in [0.15, 0.2) is 0 Å². The second-order valence-corrected chi connectivity index (χ2v) is 3.96. The molecule has 1 aromatic carbocycles. The topological polar surface area (TPSA) is 9.23 Å². The molecule has 0 bridgehead atoms. The highest BCUT2D eigenvalue weighted by atomic mass is 19.4. The van der Waals surface area contributed by atoms with Crippen molar-refractivity contribution in [3.8, 4) is 18.1 Å². The van der Waals surface area contributed by atoms with Gasteiger partial charge in [-0.1, -0.05) is 18.2 Å². The Morgan fingerprint density at radius 3 is 1.74 bits per heavy atom. The summed E-state index contributed by atoms with van der Waals surface area (Å²) in [5.41, 5.74) is -4.00. The lowest BCUT2D eigenvalue weighted by molar-refractivity contribution is -0.465. The standard InChI is InChI=1S/C12H6F6O/c1-2-9(19-8-6-4-3-5-7-8)10(13,14)12(17,18)11(9,15)16/h1,3-7H.